The van der Waals surface area contributed by atoms with Crippen molar-refractivity contribution in [1.29, 1.82) is 5.26 Å². The van der Waals surface area contributed by atoms with Crippen molar-refractivity contribution >= 4 is 15.7 Å². The smallest absolute Gasteiger partial charge is 0.177 e. The maximum Gasteiger partial charge on any atom is 0.177 e. The molecule has 1 unspecified atom stereocenters. The standard InChI is InChI=1S/C20H23N3O4S/c1-26-19-10-15(11-21)5-7-18(19)27-14-16-4-3-9-23(13-16)20-8-6-17(12-22-20)28(2,24)25/h5-8,10,12,16H,3-4,9,13-14H2,1-2H3. The van der Waals surface area contributed by atoms with Gasteiger partial charge in [-0.2, -0.15) is 5.26 Å². The van der Waals surface area contributed by atoms with Crippen molar-refractivity contribution < 1.29 is 17.9 Å². The molecular weight excluding hydrogens is 378 g/mol. The van der Waals surface area contributed by atoms with Crippen LogP contribution in [0.25, 0.3) is 0 Å². The molecule has 3 rings (SSSR count). The molecule has 2 aromatic rings. The van der Waals surface area contributed by atoms with Crippen LogP contribution in [-0.4, -0.2) is 46.5 Å². The molecule has 0 N–H and O–H groups in total. The SMILES string of the molecule is COc1cc(C#N)ccc1OCC1CCCN(c2ccc(S(C)(=O)=O)cn2)C1. The third-order valence-electron chi connectivity index (χ3n) is 4.76. The summed E-state index contributed by atoms with van der Waals surface area (Å²) in [7, 11) is -1.69. The van der Waals surface area contributed by atoms with E-state index < -0.39 is 9.84 Å². The zero-order chi connectivity index (χ0) is 20.1. The van der Waals surface area contributed by atoms with Gasteiger partial charge in [0.1, 0.15) is 5.82 Å². The normalized spacial score (nSPS) is 17.0. The first-order valence-corrected chi connectivity index (χ1v) is 10.9. The topological polar surface area (TPSA) is 92.5 Å². The highest BCUT2D eigenvalue weighted by molar-refractivity contribution is 7.90. The highest BCUT2D eigenvalue weighted by Crippen LogP contribution is 2.29. The number of rotatable bonds is 6. The maximum absolute atomic E-state index is 11.6. The van der Waals surface area contributed by atoms with Crippen LogP contribution in [0.1, 0.15) is 18.4 Å². The van der Waals surface area contributed by atoms with Gasteiger partial charge in [-0.1, -0.05) is 0 Å². The summed E-state index contributed by atoms with van der Waals surface area (Å²) in [5, 5.41) is 8.99. The fourth-order valence-corrected chi connectivity index (χ4v) is 3.81. The molecule has 0 radical (unpaired) electrons. The van der Waals surface area contributed by atoms with E-state index in [1.54, 1.807) is 37.4 Å². The van der Waals surface area contributed by atoms with E-state index in [0.717, 1.165) is 31.7 Å². The summed E-state index contributed by atoms with van der Waals surface area (Å²) in [6.45, 7) is 2.19. The summed E-state index contributed by atoms with van der Waals surface area (Å²) in [4.78, 5) is 6.70. The van der Waals surface area contributed by atoms with Gasteiger partial charge in [0.25, 0.3) is 0 Å². The molecule has 28 heavy (non-hydrogen) atoms. The Hall–Kier alpha value is -2.79. The van der Waals surface area contributed by atoms with E-state index in [2.05, 4.69) is 16.0 Å². The van der Waals surface area contributed by atoms with Crippen molar-refractivity contribution in [2.24, 2.45) is 5.92 Å². The van der Waals surface area contributed by atoms with E-state index in [9.17, 15) is 8.42 Å². The van der Waals surface area contributed by atoms with E-state index in [-0.39, 0.29) is 4.90 Å². The fourth-order valence-electron chi connectivity index (χ4n) is 3.25. The van der Waals surface area contributed by atoms with E-state index in [0.29, 0.717) is 29.6 Å². The van der Waals surface area contributed by atoms with Crippen LogP contribution in [0.4, 0.5) is 5.82 Å². The number of piperidine rings is 1. The summed E-state index contributed by atoms with van der Waals surface area (Å²) >= 11 is 0. The molecule has 8 heteroatoms. The first kappa shape index (κ1) is 20.0. The molecule has 0 bridgehead atoms. The Kier molecular flexibility index (Phi) is 6.05. The second-order valence-corrected chi connectivity index (χ2v) is 8.88. The predicted molar refractivity (Wildman–Crippen MR) is 105 cm³/mol. The van der Waals surface area contributed by atoms with Crippen LogP contribution >= 0.6 is 0 Å². The summed E-state index contributed by atoms with van der Waals surface area (Å²) in [6.07, 6.45) is 4.63. The van der Waals surface area contributed by atoms with Crippen LogP contribution < -0.4 is 14.4 Å². The van der Waals surface area contributed by atoms with Gasteiger partial charge in [0.15, 0.2) is 21.3 Å². The second kappa shape index (κ2) is 8.48. The van der Waals surface area contributed by atoms with Crippen molar-refractivity contribution in [3.05, 3.63) is 42.1 Å². The molecule has 1 saturated heterocycles. The van der Waals surface area contributed by atoms with Gasteiger partial charge >= 0.3 is 0 Å². The van der Waals surface area contributed by atoms with Gasteiger partial charge in [-0.3, -0.25) is 0 Å². The number of aromatic nitrogens is 1. The minimum absolute atomic E-state index is 0.223. The molecule has 0 aliphatic carbocycles. The highest BCUT2D eigenvalue weighted by atomic mass is 32.2. The van der Waals surface area contributed by atoms with E-state index in [1.807, 2.05) is 0 Å². The Labute approximate surface area is 165 Å². The van der Waals surface area contributed by atoms with Crippen LogP contribution in [0.15, 0.2) is 41.4 Å². The molecule has 7 nitrogen and oxygen atoms in total. The lowest BCUT2D eigenvalue weighted by Crippen LogP contribution is -2.38. The third kappa shape index (κ3) is 4.73. The van der Waals surface area contributed by atoms with Crippen LogP contribution in [0, 0.1) is 17.2 Å². The number of pyridine rings is 1. The number of hydrogen-bond donors (Lipinski definition) is 0. The molecule has 1 atom stereocenters. The van der Waals surface area contributed by atoms with Crippen LogP contribution in [-0.2, 0) is 9.84 Å². The summed E-state index contributed by atoms with van der Waals surface area (Å²) < 4.78 is 34.4. The summed E-state index contributed by atoms with van der Waals surface area (Å²) in [5.41, 5.74) is 0.525. The van der Waals surface area contributed by atoms with Gasteiger partial charge in [0.05, 0.1) is 30.2 Å². The first-order chi connectivity index (χ1) is 13.4. The highest BCUT2D eigenvalue weighted by Gasteiger charge is 2.22. The number of nitriles is 1. The number of ether oxygens (including phenoxy) is 2. The van der Waals surface area contributed by atoms with Crippen molar-refractivity contribution in [1.82, 2.24) is 4.98 Å². The zero-order valence-corrected chi connectivity index (χ0v) is 16.8. The van der Waals surface area contributed by atoms with Gasteiger partial charge in [-0.05, 0) is 37.1 Å². The number of hydrogen-bond acceptors (Lipinski definition) is 7. The van der Waals surface area contributed by atoms with Crippen LogP contribution in [0.5, 0.6) is 11.5 Å². The molecule has 1 fully saturated rings. The molecule has 2 heterocycles. The van der Waals surface area contributed by atoms with Crippen LogP contribution in [0.2, 0.25) is 0 Å². The molecule has 1 aliphatic rings. The Morgan fingerprint density at radius 3 is 2.75 bits per heavy atom. The maximum atomic E-state index is 11.6. The minimum atomic E-state index is -3.25. The van der Waals surface area contributed by atoms with Gasteiger partial charge in [-0.15, -0.1) is 0 Å². The minimum Gasteiger partial charge on any atom is -0.493 e. The monoisotopic (exact) mass is 401 g/mol. The Bertz CT molecular complexity index is 968. The lowest BCUT2D eigenvalue weighted by molar-refractivity contribution is 0.220. The van der Waals surface area contributed by atoms with Crippen molar-refractivity contribution in [3.8, 4) is 17.6 Å². The zero-order valence-electron chi connectivity index (χ0n) is 16.0. The van der Waals surface area contributed by atoms with E-state index >= 15 is 0 Å². The molecule has 1 aliphatic heterocycles. The molecule has 1 aromatic carbocycles. The molecule has 1 aromatic heterocycles. The number of nitrogens with zero attached hydrogens (tertiary/aromatic N) is 3. The summed E-state index contributed by atoms with van der Waals surface area (Å²) in [6, 6.07) is 10.6. The largest absolute Gasteiger partial charge is 0.493 e. The lowest BCUT2D eigenvalue weighted by atomic mass is 9.99. The predicted octanol–water partition coefficient (Wildman–Crippen LogP) is 2.66. The third-order valence-corrected chi connectivity index (χ3v) is 5.86. The molecule has 148 valence electrons. The number of methoxy groups -OCH3 is 1. The van der Waals surface area contributed by atoms with E-state index in [4.69, 9.17) is 14.7 Å². The average Bonchev–Trinajstić information content (AvgIpc) is 2.71. The molecular formula is C20H23N3O4S. The summed E-state index contributed by atoms with van der Waals surface area (Å²) in [5.74, 6) is 2.25. The van der Waals surface area contributed by atoms with Gasteiger partial charge in [0, 0.05) is 37.5 Å². The fraction of sp³-hybridized carbons (Fsp3) is 0.400. The number of sulfone groups is 1. The van der Waals surface area contributed by atoms with Gasteiger partial charge in [0.2, 0.25) is 0 Å². The number of benzene rings is 1. The Balaban J connectivity index is 1.63. The van der Waals surface area contributed by atoms with E-state index in [1.165, 1.54) is 12.5 Å². The first-order valence-electron chi connectivity index (χ1n) is 9.02. The lowest BCUT2D eigenvalue weighted by Gasteiger charge is -2.33. The number of anilines is 1. The van der Waals surface area contributed by atoms with Gasteiger partial charge < -0.3 is 14.4 Å². The van der Waals surface area contributed by atoms with Crippen LogP contribution in [0.3, 0.4) is 0 Å². The van der Waals surface area contributed by atoms with Gasteiger partial charge in [-0.25, -0.2) is 13.4 Å². The Morgan fingerprint density at radius 1 is 1.29 bits per heavy atom. The molecule has 0 saturated carbocycles. The Morgan fingerprint density at radius 2 is 2.11 bits per heavy atom. The molecule has 0 amide bonds. The molecule has 0 spiro atoms. The van der Waals surface area contributed by atoms with Crippen molar-refractivity contribution in [3.63, 3.8) is 0 Å². The second-order valence-electron chi connectivity index (χ2n) is 6.87. The average molecular weight is 401 g/mol. The quantitative estimate of drug-likeness (QED) is 0.735. The van der Waals surface area contributed by atoms with Crippen molar-refractivity contribution in [2.75, 3.05) is 38.0 Å². The van der Waals surface area contributed by atoms with Crippen molar-refractivity contribution in [2.45, 2.75) is 17.7 Å².